The molecule has 0 unspecified atom stereocenters. The van der Waals surface area contributed by atoms with E-state index in [4.69, 9.17) is 10.5 Å². The minimum Gasteiger partial charge on any atom is -0.448 e. The number of hydrogen-bond acceptors (Lipinski definition) is 4. The molecule has 0 saturated heterocycles. The zero-order valence-corrected chi connectivity index (χ0v) is 8.98. The van der Waals surface area contributed by atoms with Crippen LogP contribution in [0.1, 0.15) is 10.4 Å². The fourth-order valence-corrected chi connectivity index (χ4v) is 1.09. The zero-order valence-electron chi connectivity index (χ0n) is 8.98. The zero-order chi connectivity index (χ0) is 12.8. The molecule has 1 aromatic carbocycles. The Kier molecular flexibility index (Phi) is 4.33. The van der Waals surface area contributed by atoms with Gasteiger partial charge in [-0.05, 0) is 12.1 Å². The van der Waals surface area contributed by atoms with Crippen molar-refractivity contribution in [2.45, 2.75) is 0 Å². The molecule has 4 nitrogen and oxygen atoms in total. The Bertz CT molecular complexity index is 461. The van der Waals surface area contributed by atoms with Gasteiger partial charge in [0.25, 0.3) is 0 Å². The van der Waals surface area contributed by atoms with Crippen molar-refractivity contribution in [1.82, 2.24) is 0 Å². The molecule has 0 radical (unpaired) electrons. The molecular formula is C11H10F2N2O2. The number of aldehydes is 1. The molecule has 0 saturated carbocycles. The summed E-state index contributed by atoms with van der Waals surface area (Å²) in [6.07, 6.45) is 2.55. The summed E-state index contributed by atoms with van der Waals surface area (Å²) < 4.78 is 31.7. The molecule has 0 aliphatic rings. The van der Waals surface area contributed by atoms with Crippen molar-refractivity contribution in [1.29, 1.82) is 0 Å². The first-order chi connectivity index (χ1) is 8.12. The number of rotatable bonds is 4. The largest absolute Gasteiger partial charge is 0.448 e. The van der Waals surface area contributed by atoms with Crippen molar-refractivity contribution < 1.29 is 18.3 Å². The van der Waals surface area contributed by atoms with Gasteiger partial charge in [0.15, 0.2) is 23.1 Å². The Morgan fingerprint density at radius 2 is 2.00 bits per heavy atom. The van der Waals surface area contributed by atoms with Gasteiger partial charge in [0.05, 0.1) is 6.21 Å². The summed E-state index contributed by atoms with van der Waals surface area (Å²) in [5.41, 5.74) is 5.07. The van der Waals surface area contributed by atoms with E-state index in [-0.39, 0.29) is 11.3 Å². The van der Waals surface area contributed by atoms with Gasteiger partial charge < -0.3 is 10.5 Å². The molecule has 1 aromatic rings. The predicted octanol–water partition coefficient (Wildman–Crippen LogP) is 1.66. The number of carbonyl (C=O) groups is 1. The first-order valence-corrected chi connectivity index (χ1v) is 4.58. The topological polar surface area (TPSA) is 64.7 Å². The van der Waals surface area contributed by atoms with E-state index in [9.17, 15) is 13.6 Å². The van der Waals surface area contributed by atoms with Crippen LogP contribution in [0.15, 0.2) is 29.1 Å². The van der Waals surface area contributed by atoms with Crippen LogP contribution in [0.2, 0.25) is 0 Å². The van der Waals surface area contributed by atoms with E-state index in [1.54, 1.807) is 0 Å². The fourth-order valence-electron chi connectivity index (χ4n) is 1.09. The van der Waals surface area contributed by atoms with Crippen molar-refractivity contribution in [2.75, 3.05) is 7.05 Å². The molecule has 0 fully saturated rings. The highest BCUT2D eigenvalue weighted by Crippen LogP contribution is 2.24. The van der Waals surface area contributed by atoms with Crippen LogP contribution in [0.3, 0.4) is 0 Å². The number of halogens is 2. The molecule has 0 aliphatic carbocycles. The van der Waals surface area contributed by atoms with Crippen molar-refractivity contribution in [3.8, 4) is 5.75 Å². The highest BCUT2D eigenvalue weighted by molar-refractivity contribution is 5.77. The van der Waals surface area contributed by atoms with Gasteiger partial charge in [0.1, 0.15) is 6.29 Å². The Morgan fingerprint density at radius 3 is 2.41 bits per heavy atom. The lowest BCUT2D eigenvalue weighted by molar-refractivity contribution is 0.112. The molecule has 0 spiro atoms. The van der Waals surface area contributed by atoms with E-state index < -0.39 is 17.4 Å². The van der Waals surface area contributed by atoms with Gasteiger partial charge in [-0.25, -0.2) is 8.78 Å². The second-order valence-electron chi connectivity index (χ2n) is 2.99. The Hall–Kier alpha value is -2.24. The summed E-state index contributed by atoms with van der Waals surface area (Å²) in [5.74, 6) is -2.62. The second-order valence-corrected chi connectivity index (χ2v) is 2.99. The highest BCUT2D eigenvalue weighted by atomic mass is 19.1. The van der Waals surface area contributed by atoms with E-state index in [0.717, 1.165) is 18.3 Å². The van der Waals surface area contributed by atoms with Crippen LogP contribution in [0.4, 0.5) is 8.78 Å². The second kappa shape index (κ2) is 5.74. The molecule has 0 aliphatic heterocycles. The van der Waals surface area contributed by atoms with E-state index in [0.29, 0.717) is 6.29 Å². The highest BCUT2D eigenvalue weighted by Gasteiger charge is 2.13. The van der Waals surface area contributed by atoms with E-state index >= 15 is 0 Å². The van der Waals surface area contributed by atoms with Gasteiger partial charge in [-0.2, -0.15) is 0 Å². The lowest BCUT2D eigenvalue weighted by Gasteiger charge is -2.08. The Balaban J connectivity index is 3.11. The van der Waals surface area contributed by atoms with Crippen LogP contribution in [0, 0.1) is 11.6 Å². The molecule has 1 rings (SSSR count). The van der Waals surface area contributed by atoms with Gasteiger partial charge in [-0.1, -0.05) is 0 Å². The van der Waals surface area contributed by atoms with Crippen LogP contribution in [-0.4, -0.2) is 19.5 Å². The number of carbonyl (C=O) groups excluding carboxylic acids is 1. The Labute approximate surface area is 96.4 Å². The van der Waals surface area contributed by atoms with E-state index in [1.165, 1.54) is 13.3 Å². The lowest BCUT2D eigenvalue weighted by Crippen LogP contribution is -2.04. The van der Waals surface area contributed by atoms with Gasteiger partial charge in [0, 0.05) is 18.8 Å². The molecule has 0 aromatic heterocycles. The normalized spacial score (nSPS) is 11.8. The third-order valence-electron chi connectivity index (χ3n) is 1.80. The number of hydrogen-bond donors (Lipinski definition) is 1. The molecule has 0 amide bonds. The first-order valence-electron chi connectivity index (χ1n) is 4.58. The van der Waals surface area contributed by atoms with Crippen LogP contribution >= 0.6 is 0 Å². The quantitative estimate of drug-likeness (QED) is 0.494. The summed E-state index contributed by atoms with van der Waals surface area (Å²) in [6.45, 7) is 0. The SMILES string of the molecule is CN=CC(=CN)Oc1c(F)cc(C=O)cc1F. The average Bonchev–Trinajstić information content (AvgIpc) is 2.31. The maximum absolute atomic E-state index is 13.4. The molecule has 2 N–H and O–H groups in total. The summed E-state index contributed by atoms with van der Waals surface area (Å²) in [5, 5.41) is 0. The van der Waals surface area contributed by atoms with Crippen LogP contribution in [-0.2, 0) is 0 Å². The number of allylic oxidation sites excluding steroid dienone is 1. The van der Waals surface area contributed by atoms with Crippen molar-refractivity contribution in [3.05, 3.63) is 41.3 Å². The standard InChI is InChI=1S/C11H10F2N2O2/c1-15-5-8(4-14)17-11-9(12)2-7(6-16)3-10(11)13/h2-6H,14H2,1H3. The van der Waals surface area contributed by atoms with Crippen molar-refractivity contribution in [2.24, 2.45) is 10.7 Å². The first kappa shape index (κ1) is 12.8. The number of benzene rings is 1. The molecule has 0 atom stereocenters. The summed E-state index contributed by atoms with van der Waals surface area (Å²) in [6, 6.07) is 1.73. The monoisotopic (exact) mass is 240 g/mol. The molecule has 17 heavy (non-hydrogen) atoms. The average molecular weight is 240 g/mol. The minimum absolute atomic E-state index is 0.0100. The van der Waals surface area contributed by atoms with Gasteiger partial charge in [-0.15, -0.1) is 0 Å². The maximum Gasteiger partial charge on any atom is 0.198 e. The van der Waals surface area contributed by atoms with Crippen LogP contribution < -0.4 is 10.5 Å². The van der Waals surface area contributed by atoms with Crippen LogP contribution in [0.25, 0.3) is 0 Å². The smallest absolute Gasteiger partial charge is 0.198 e. The minimum atomic E-state index is -0.990. The number of ether oxygens (including phenoxy) is 1. The Morgan fingerprint density at radius 1 is 1.41 bits per heavy atom. The van der Waals surface area contributed by atoms with Gasteiger partial charge in [-0.3, -0.25) is 9.79 Å². The molecule has 0 bridgehead atoms. The summed E-state index contributed by atoms with van der Waals surface area (Å²) in [7, 11) is 1.45. The number of aliphatic imine (C=N–C) groups is 1. The third-order valence-corrected chi connectivity index (χ3v) is 1.80. The molecular weight excluding hydrogens is 230 g/mol. The van der Waals surface area contributed by atoms with E-state index in [2.05, 4.69) is 4.99 Å². The number of nitrogens with zero attached hydrogens (tertiary/aromatic N) is 1. The molecule has 0 heterocycles. The van der Waals surface area contributed by atoms with Crippen LogP contribution in [0.5, 0.6) is 5.75 Å². The predicted molar refractivity (Wildman–Crippen MR) is 59.1 cm³/mol. The maximum atomic E-state index is 13.4. The van der Waals surface area contributed by atoms with Gasteiger partial charge >= 0.3 is 0 Å². The van der Waals surface area contributed by atoms with E-state index in [1.807, 2.05) is 0 Å². The number of nitrogens with two attached hydrogens (primary N) is 1. The summed E-state index contributed by atoms with van der Waals surface area (Å²) in [4.78, 5) is 14.0. The lowest BCUT2D eigenvalue weighted by atomic mass is 10.2. The van der Waals surface area contributed by atoms with Crippen molar-refractivity contribution in [3.63, 3.8) is 0 Å². The fraction of sp³-hybridized carbons (Fsp3) is 0.0909. The molecule has 6 heteroatoms. The van der Waals surface area contributed by atoms with Crippen molar-refractivity contribution >= 4 is 12.5 Å². The summed E-state index contributed by atoms with van der Waals surface area (Å²) >= 11 is 0. The third kappa shape index (κ3) is 3.10. The molecule has 90 valence electrons. The van der Waals surface area contributed by atoms with Gasteiger partial charge in [0.2, 0.25) is 0 Å².